The average molecular weight is 1010 g/mol. The largest absolute Gasteiger partial charge is 0.377 e. The van der Waals surface area contributed by atoms with Crippen LogP contribution in [0.4, 0.5) is 0 Å². The van der Waals surface area contributed by atoms with Crippen molar-refractivity contribution < 1.29 is 48.9 Å². The molecule has 1 fully saturated rings. The molecule has 3 rings (SSSR count). The summed E-state index contributed by atoms with van der Waals surface area (Å²) in [6, 6.07) is 7.01. The van der Waals surface area contributed by atoms with Crippen LogP contribution in [0.15, 0.2) is 48.5 Å². The Kier molecular flexibility index (Phi) is 25.4. The Morgan fingerprint density at radius 1 is 0.694 bits per heavy atom. The molecule has 0 saturated carbocycles. The van der Waals surface area contributed by atoms with Gasteiger partial charge >= 0.3 is 0 Å². The number of nitrogens with one attached hydrogen (secondary N) is 8. The molecule has 72 heavy (non-hydrogen) atoms. The Hall–Kier alpha value is -5.35. The molecule has 0 spiro atoms. The summed E-state index contributed by atoms with van der Waals surface area (Å²) in [6.45, 7) is 15.9. The van der Waals surface area contributed by atoms with Crippen molar-refractivity contribution in [2.75, 3.05) is 20.1 Å². The number of hydrogen-bond acceptors (Lipinski definition) is 14. The minimum absolute atomic E-state index is 0.0536. The van der Waals surface area contributed by atoms with Gasteiger partial charge in [0.15, 0.2) is 0 Å². The summed E-state index contributed by atoms with van der Waals surface area (Å²) in [5.74, 6) is -4.10. The number of aryl methyl sites for hydroxylation is 2. The Morgan fingerprint density at radius 3 is 1.76 bits per heavy atom. The SMILES string of the molecule is CC[C@H](NC(=O)[C@@H]1CCCN1C(=O)[C@@H](N)CC(C)C)C(=O)N[C@@H](CC(C)=O)C(=O)N[C@@H](Cc1ccc(C)cc1)[C@@H](O)N[C@@H](Cc1ccc(C)cc1)[C@H](O)NCC(=O)N[C@H](C(=O)N[C@@H](CC)[C@@H](O)NC)C(C)C. The van der Waals surface area contributed by atoms with E-state index >= 15 is 0 Å². The normalized spacial score (nSPS) is 17.9. The zero-order chi connectivity index (χ0) is 53.8. The molecule has 0 radical (unpaired) electrons. The van der Waals surface area contributed by atoms with Gasteiger partial charge in [-0.3, -0.25) is 49.5 Å². The maximum absolute atomic E-state index is 14.3. The second kappa shape index (κ2) is 30.0. The van der Waals surface area contributed by atoms with E-state index in [-0.39, 0.29) is 37.0 Å². The lowest BCUT2D eigenvalue weighted by Crippen LogP contribution is -2.62. The number of hydrogen-bond donors (Lipinski definition) is 12. The zero-order valence-electron chi connectivity index (χ0n) is 43.9. The van der Waals surface area contributed by atoms with Gasteiger partial charge in [0.25, 0.3) is 0 Å². The van der Waals surface area contributed by atoms with E-state index in [1.165, 1.54) is 11.8 Å². The monoisotopic (exact) mass is 1010 g/mol. The number of aliphatic hydroxyl groups is 3. The predicted octanol–water partition coefficient (Wildman–Crippen LogP) is 0.0545. The summed E-state index contributed by atoms with van der Waals surface area (Å²) in [6.07, 6.45) is -2.35. The van der Waals surface area contributed by atoms with Crippen LogP contribution in [0.5, 0.6) is 0 Å². The van der Waals surface area contributed by atoms with Crippen LogP contribution in [-0.4, -0.2) is 149 Å². The van der Waals surface area contributed by atoms with Crippen molar-refractivity contribution in [3.63, 3.8) is 0 Å². The minimum Gasteiger partial charge on any atom is -0.377 e. The van der Waals surface area contributed by atoms with Crippen molar-refractivity contribution in [3.05, 3.63) is 70.8 Å². The molecule has 2 aromatic carbocycles. The van der Waals surface area contributed by atoms with Gasteiger partial charge in [0.2, 0.25) is 35.4 Å². The van der Waals surface area contributed by atoms with Gasteiger partial charge in [0.1, 0.15) is 48.6 Å². The third-order valence-corrected chi connectivity index (χ3v) is 12.9. The van der Waals surface area contributed by atoms with Crippen LogP contribution in [0.1, 0.15) is 109 Å². The molecule has 6 amide bonds. The van der Waals surface area contributed by atoms with Gasteiger partial charge in [-0.2, -0.15) is 0 Å². The van der Waals surface area contributed by atoms with E-state index in [0.717, 1.165) is 22.3 Å². The van der Waals surface area contributed by atoms with Gasteiger partial charge in [0, 0.05) is 13.0 Å². The molecule has 0 unspecified atom stereocenters. The highest BCUT2D eigenvalue weighted by molar-refractivity contribution is 5.96. The molecule has 0 aromatic heterocycles. The lowest BCUT2D eigenvalue weighted by molar-refractivity contribution is -0.140. The van der Waals surface area contributed by atoms with Crippen LogP contribution in [0.2, 0.25) is 0 Å². The van der Waals surface area contributed by atoms with Crippen molar-refractivity contribution in [2.24, 2.45) is 17.6 Å². The molecule has 13 N–H and O–H groups in total. The fourth-order valence-corrected chi connectivity index (χ4v) is 8.57. The van der Waals surface area contributed by atoms with Crippen molar-refractivity contribution >= 4 is 41.2 Å². The summed E-state index contributed by atoms with van der Waals surface area (Å²) < 4.78 is 0. The van der Waals surface area contributed by atoms with E-state index in [0.29, 0.717) is 32.2 Å². The Labute approximate surface area is 425 Å². The Morgan fingerprint density at radius 2 is 1.25 bits per heavy atom. The number of nitrogens with two attached hydrogens (primary N) is 1. The topological polar surface area (TPSA) is 306 Å². The quantitative estimate of drug-likeness (QED) is 0.0461. The first-order chi connectivity index (χ1) is 34.0. The van der Waals surface area contributed by atoms with Crippen molar-refractivity contribution in [1.29, 1.82) is 0 Å². The number of aliphatic hydroxyl groups excluding tert-OH is 3. The second-order valence-electron chi connectivity index (χ2n) is 19.9. The highest BCUT2D eigenvalue weighted by atomic mass is 16.3. The van der Waals surface area contributed by atoms with E-state index in [1.807, 2.05) is 76.2 Å². The molecule has 402 valence electrons. The standard InChI is InChI=1S/C52H84N10O10/c1-11-37(45(65)54-10)57-51(71)44(30(5)6)61-43(64)28-55-46(66)40(26-34-19-15-31(7)16-20-34)59-49(69)41(27-35-21-17-32(8)18-22-35)60-48(68)39(25-33(9)63)58-47(67)38(12-2)56-50(70)42-14-13-23-62(42)52(72)36(53)24-29(3)4/h15-22,29-30,36-42,44-46,49,54-55,59,65-66,69H,11-14,23-28,53H2,1-10H3,(H,56,70)(H,57,71)(H,58,67)(H,60,68)(H,61,64)/t36-,37-,38-,39-,40-,41-,42-,44-,45+,46-,49+/m0/s1. The third-order valence-electron chi connectivity index (χ3n) is 12.9. The van der Waals surface area contributed by atoms with E-state index in [2.05, 4.69) is 42.5 Å². The van der Waals surface area contributed by atoms with E-state index in [9.17, 15) is 48.9 Å². The van der Waals surface area contributed by atoms with Crippen LogP contribution in [0, 0.1) is 25.7 Å². The first kappa shape index (κ1) is 61.0. The second-order valence-corrected chi connectivity index (χ2v) is 19.9. The number of benzene rings is 2. The average Bonchev–Trinajstić information content (AvgIpc) is 3.83. The first-order valence-corrected chi connectivity index (χ1v) is 25.4. The zero-order valence-corrected chi connectivity index (χ0v) is 43.9. The fourth-order valence-electron chi connectivity index (χ4n) is 8.57. The maximum Gasteiger partial charge on any atom is 0.243 e. The molecular weight excluding hydrogens is 925 g/mol. The molecular formula is C52H84N10O10. The molecule has 20 nitrogen and oxygen atoms in total. The summed E-state index contributed by atoms with van der Waals surface area (Å²) in [7, 11) is 1.56. The minimum atomic E-state index is -1.58. The summed E-state index contributed by atoms with van der Waals surface area (Å²) in [5.41, 5.74) is 9.64. The number of likely N-dealkylation sites (tertiary alicyclic amines) is 1. The summed E-state index contributed by atoms with van der Waals surface area (Å²) in [5, 5.41) is 56.3. The molecule has 1 aliphatic heterocycles. The molecule has 1 heterocycles. The third kappa shape index (κ3) is 19.6. The molecule has 20 heteroatoms. The number of ketones is 1. The van der Waals surface area contributed by atoms with Crippen molar-refractivity contribution in [3.8, 4) is 0 Å². The maximum atomic E-state index is 14.3. The predicted molar refractivity (Wildman–Crippen MR) is 274 cm³/mol. The van der Waals surface area contributed by atoms with E-state index in [4.69, 9.17) is 5.73 Å². The van der Waals surface area contributed by atoms with Gasteiger partial charge in [-0.15, -0.1) is 0 Å². The molecule has 1 saturated heterocycles. The van der Waals surface area contributed by atoms with Crippen molar-refractivity contribution in [2.45, 2.75) is 181 Å². The highest BCUT2D eigenvalue weighted by Crippen LogP contribution is 2.21. The summed E-state index contributed by atoms with van der Waals surface area (Å²) in [4.78, 5) is 95.7. The van der Waals surface area contributed by atoms with Gasteiger partial charge in [0.05, 0.1) is 30.7 Å². The number of rotatable bonds is 30. The number of carbonyl (C=O) groups is 7. The van der Waals surface area contributed by atoms with Crippen LogP contribution < -0.4 is 48.3 Å². The van der Waals surface area contributed by atoms with Gasteiger partial charge in [-0.1, -0.05) is 101 Å². The Bertz CT molecular complexity index is 2070. The number of Topliss-reactive ketones (excluding diaryl/α,β-unsaturated/α-hetero) is 1. The van der Waals surface area contributed by atoms with Crippen LogP contribution in [0.25, 0.3) is 0 Å². The molecule has 0 aliphatic carbocycles. The Balaban J connectivity index is 1.85. The van der Waals surface area contributed by atoms with Gasteiger partial charge < -0.3 is 52.5 Å². The molecule has 11 atom stereocenters. The number of amides is 6. The number of nitrogens with zero attached hydrogens (tertiary/aromatic N) is 1. The van der Waals surface area contributed by atoms with Crippen molar-refractivity contribution in [1.82, 2.24) is 47.4 Å². The molecule has 2 aromatic rings. The van der Waals surface area contributed by atoms with Crippen LogP contribution in [-0.2, 0) is 46.4 Å². The molecule has 0 bridgehead atoms. The molecule has 1 aliphatic rings. The highest BCUT2D eigenvalue weighted by Gasteiger charge is 2.39. The van der Waals surface area contributed by atoms with Crippen LogP contribution in [0.3, 0.4) is 0 Å². The summed E-state index contributed by atoms with van der Waals surface area (Å²) >= 11 is 0. The van der Waals surface area contributed by atoms with E-state index < -0.39 is 115 Å². The smallest absolute Gasteiger partial charge is 0.243 e. The van der Waals surface area contributed by atoms with Gasteiger partial charge in [-0.25, -0.2) is 0 Å². The van der Waals surface area contributed by atoms with Gasteiger partial charge in [-0.05, 0) is 95.7 Å². The lowest BCUT2D eigenvalue weighted by atomic mass is 9.99. The van der Waals surface area contributed by atoms with E-state index in [1.54, 1.807) is 34.7 Å². The first-order valence-electron chi connectivity index (χ1n) is 25.4. The number of carbonyl (C=O) groups excluding carboxylic acids is 7. The van der Waals surface area contributed by atoms with Crippen LogP contribution >= 0.6 is 0 Å². The number of likely N-dealkylation sites (N-methyl/N-ethyl adjacent to an activating group) is 1. The lowest BCUT2D eigenvalue weighted by Gasteiger charge is -2.33. The fraction of sp³-hybridized carbons (Fsp3) is 0.635.